The molecular formula is C6H12N2O4. The molecule has 2 unspecified atom stereocenters. The number of aliphatic hydroxyl groups is 2. The van der Waals surface area contributed by atoms with Gasteiger partial charge in [-0.05, 0) is 0 Å². The summed E-state index contributed by atoms with van der Waals surface area (Å²) in [7, 11) is 0. The zero-order chi connectivity index (χ0) is 9.56. The van der Waals surface area contributed by atoms with Crippen LogP contribution in [-0.2, 0) is 9.59 Å². The Morgan fingerprint density at radius 3 is 2.42 bits per heavy atom. The predicted octanol–water partition coefficient (Wildman–Crippen LogP) is -3.02. The minimum Gasteiger partial charge on any atom is -0.394 e. The standard InChI is InChI=1S/C6H12N2O4/c7-5(3-11)6(12)8-4(1-9)2-10/h1,4-5,10-11H,2-3,7H2,(H,8,12). The molecule has 0 radical (unpaired) electrons. The minimum absolute atomic E-state index is 0.391. The van der Waals surface area contributed by atoms with Gasteiger partial charge in [0.15, 0.2) is 0 Å². The second-order valence-electron chi connectivity index (χ2n) is 2.22. The number of aliphatic hydroxyl groups excluding tert-OH is 2. The van der Waals surface area contributed by atoms with Crippen molar-refractivity contribution in [1.82, 2.24) is 5.32 Å². The van der Waals surface area contributed by atoms with Gasteiger partial charge in [0.2, 0.25) is 5.91 Å². The molecule has 0 aromatic heterocycles. The van der Waals surface area contributed by atoms with Crippen molar-refractivity contribution < 1.29 is 19.8 Å². The summed E-state index contributed by atoms with van der Waals surface area (Å²) in [4.78, 5) is 20.9. The van der Waals surface area contributed by atoms with Gasteiger partial charge in [-0.2, -0.15) is 0 Å². The highest BCUT2D eigenvalue weighted by Gasteiger charge is 2.15. The van der Waals surface area contributed by atoms with Crippen molar-refractivity contribution in [2.75, 3.05) is 13.2 Å². The molecule has 0 aliphatic carbocycles. The van der Waals surface area contributed by atoms with E-state index in [-0.39, 0.29) is 0 Å². The van der Waals surface area contributed by atoms with E-state index in [0.29, 0.717) is 6.29 Å². The summed E-state index contributed by atoms with van der Waals surface area (Å²) in [6.07, 6.45) is 0.391. The SMILES string of the molecule is NC(CO)C(=O)NC(C=O)CO. The van der Waals surface area contributed by atoms with Gasteiger partial charge in [-0.1, -0.05) is 0 Å². The van der Waals surface area contributed by atoms with Crippen molar-refractivity contribution in [3.8, 4) is 0 Å². The van der Waals surface area contributed by atoms with Crippen LogP contribution in [0.2, 0.25) is 0 Å². The number of aldehydes is 1. The highest BCUT2D eigenvalue weighted by Crippen LogP contribution is 1.80. The van der Waals surface area contributed by atoms with E-state index >= 15 is 0 Å². The minimum atomic E-state index is -1.06. The molecule has 0 saturated carbocycles. The van der Waals surface area contributed by atoms with Crippen LogP contribution in [0.5, 0.6) is 0 Å². The van der Waals surface area contributed by atoms with Crippen LogP contribution in [0.4, 0.5) is 0 Å². The van der Waals surface area contributed by atoms with E-state index in [1.807, 2.05) is 0 Å². The van der Waals surface area contributed by atoms with Crippen molar-refractivity contribution >= 4 is 12.2 Å². The molecule has 6 nitrogen and oxygen atoms in total. The van der Waals surface area contributed by atoms with E-state index in [4.69, 9.17) is 15.9 Å². The number of nitrogens with one attached hydrogen (secondary N) is 1. The second-order valence-corrected chi connectivity index (χ2v) is 2.22. The summed E-state index contributed by atoms with van der Waals surface area (Å²) in [5, 5.41) is 19.0. The van der Waals surface area contributed by atoms with Gasteiger partial charge in [0.25, 0.3) is 0 Å². The molecule has 0 spiro atoms. The van der Waals surface area contributed by atoms with Gasteiger partial charge in [-0.25, -0.2) is 0 Å². The third kappa shape index (κ3) is 3.42. The maximum Gasteiger partial charge on any atom is 0.239 e. The van der Waals surface area contributed by atoms with Crippen molar-refractivity contribution in [2.24, 2.45) is 5.73 Å². The summed E-state index contributed by atoms with van der Waals surface area (Å²) in [6, 6.07) is -2.01. The number of carbonyl (C=O) groups excluding carboxylic acids is 2. The Morgan fingerprint density at radius 2 is 2.08 bits per heavy atom. The lowest BCUT2D eigenvalue weighted by molar-refractivity contribution is -0.126. The van der Waals surface area contributed by atoms with E-state index in [1.54, 1.807) is 0 Å². The quantitative estimate of drug-likeness (QED) is 0.333. The molecule has 12 heavy (non-hydrogen) atoms. The fourth-order valence-corrected chi connectivity index (χ4v) is 0.495. The molecule has 2 atom stereocenters. The Hall–Kier alpha value is -0.980. The third-order valence-corrected chi connectivity index (χ3v) is 1.22. The first-order valence-electron chi connectivity index (χ1n) is 3.38. The Bertz CT molecular complexity index is 162. The van der Waals surface area contributed by atoms with Crippen LogP contribution in [0.25, 0.3) is 0 Å². The van der Waals surface area contributed by atoms with Crippen LogP contribution >= 0.6 is 0 Å². The fraction of sp³-hybridized carbons (Fsp3) is 0.667. The molecule has 1 amide bonds. The zero-order valence-corrected chi connectivity index (χ0v) is 6.43. The summed E-state index contributed by atoms with van der Waals surface area (Å²) in [5.41, 5.74) is 5.11. The van der Waals surface area contributed by atoms with Gasteiger partial charge in [0.1, 0.15) is 18.4 Å². The second kappa shape index (κ2) is 5.64. The van der Waals surface area contributed by atoms with Crippen LogP contribution in [-0.4, -0.2) is 47.7 Å². The third-order valence-electron chi connectivity index (χ3n) is 1.22. The molecular weight excluding hydrogens is 164 g/mol. The zero-order valence-electron chi connectivity index (χ0n) is 6.43. The first kappa shape index (κ1) is 11.0. The molecule has 0 aromatic rings. The van der Waals surface area contributed by atoms with Crippen LogP contribution < -0.4 is 11.1 Å². The summed E-state index contributed by atoms with van der Waals surface area (Å²) < 4.78 is 0. The first-order chi connectivity index (χ1) is 5.65. The Kier molecular flexibility index (Phi) is 5.18. The molecule has 0 aliphatic heterocycles. The molecule has 0 saturated heterocycles. The number of rotatable bonds is 5. The number of hydrogen-bond donors (Lipinski definition) is 4. The normalized spacial score (nSPS) is 14.9. The number of carbonyl (C=O) groups is 2. The van der Waals surface area contributed by atoms with Gasteiger partial charge >= 0.3 is 0 Å². The largest absolute Gasteiger partial charge is 0.394 e. The maximum absolute atomic E-state index is 10.8. The molecule has 0 fully saturated rings. The van der Waals surface area contributed by atoms with Crippen LogP contribution in [0.15, 0.2) is 0 Å². The number of nitrogens with two attached hydrogens (primary N) is 1. The molecule has 0 aliphatic rings. The molecule has 70 valence electrons. The van der Waals surface area contributed by atoms with Crippen molar-refractivity contribution in [3.63, 3.8) is 0 Å². The first-order valence-corrected chi connectivity index (χ1v) is 3.38. The van der Waals surface area contributed by atoms with Crippen LogP contribution in [0, 0.1) is 0 Å². The van der Waals surface area contributed by atoms with E-state index in [9.17, 15) is 9.59 Å². The maximum atomic E-state index is 10.8. The lowest BCUT2D eigenvalue weighted by Crippen LogP contribution is -2.48. The van der Waals surface area contributed by atoms with Gasteiger partial charge in [-0.3, -0.25) is 4.79 Å². The highest BCUT2D eigenvalue weighted by molar-refractivity contribution is 5.84. The summed E-state index contributed by atoms with van der Waals surface area (Å²) in [5.74, 6) is -0.663. The van der Waals surface area contributed by atoms with E-state index < -0.39 is 31.2 Å². The monoisotopic (exact) mass is 176 g/mol. The average molecular weight is 176 g/mol. The smallest absolute Gasteiger partial charge is 0.239 e. The molecule has 0 aromatic carbocycles. The number of amides is 1. The molecule has 6 heteroatoms. The Labute approximate surface area is 69.4 Å². The van der Waals surface area contributed by atoms with E-state index in [2.05, 4.69) is 5.32 Å². The average Bonchev–Trinajstić information content (AvgIpc) is 2.12. The Morgan fingerprint density at radius 1 is 1.50 bits per heavy atom. The number of hydrogen-bond acceptors (Lipinski definition) is 5. The van der Waals surface area contributed by atoms with Gasteiger partial charge in [-0.15, -0.1) is 0 Å². The van der Waals surface area contributed by atoms with Gasteiger partial charge in [0.05, 0.1) is 13.2 Å². The highest BCUT2D eigenvalue weighted by atomic mass is 16.3. The van der Waals surface area contributed by atoms with E-state index in [0.717, 1.165) is 0 Å². The van der Waals surface area contributed by atoms with Crippen LogP contribution in [0.3, 0.4) is 0 Å². The molecule has 0 rings (SSSR count). The van der Waals surface area contributed by atoms with Crippen molar-refractivity contribution in [2.45, 2.75) is 12.1 Å². The predicted molar refractivity (Wildman–Crippen MR) is 40.1 cm³/mol. The molecule has 5 N–H and O–H groups in total. The van der Waals surface area contributed by atoms with Gasteiger partial charge < -0.3 is 26.1 Å². The van der Waals surface area contributed by atoms with E-state index in [1.165, 1.54) is 0 Å². The molecule has 0 bridgehead atoms. The lowest BCUT2D eigenvalue weighted by Gasteiger charge is -2.12. The topological polar surface area (TPSA) is 113 Å². The van der Waals surface area contributed by atoms with Gasteiger partial charge in [0, 0.05) is 0 Å². The molecule has 0 heterocycles. The fourth-order valence-electron chi connectivity index (χ4n) is 0.495. The lowest BCUT2D eigenvalue weighted by atomic mass is 10.2. The Balaban J connectivity index is 3.89. The summed E-state index contributed by atoms with van der Waals surface area (Å²) in [6.45, 7) is -0.976. The van der Waals surface area contributed by atoms with Crippen molar-refractivity contribution in [3.05, 3.63) is 0 Å². The van der Waals surface area contributed by atoms with Crippen LogP contribution in [0.1, 0.15) is 0 Å². The summed E-state index contributed by atoms with van der Waals surface area (Å²) >= 11 is 0. The van der Waals surface area contributed by atoms with Crippen molar-refractivity contribution in [1.29, 1.82) is 0 Å².